The quantitative estimate of drug-likeness (QED) is 0.558. The molecule has 0 heterocycles. The van der Waals surface area contributed by atoms with Gasteiger partial charge in [0.2, 0.25) is 0 Å². The molecular weight excluding hydrogens is 144 g/mol. The molecule has 0 aromatic carbocycles. The van der Waals surface area contributed by atoms with Crippen LogP contribution in [0.25, 0.3) is 0 Å². The summed E-state index contributed by atoms with van der Waals surface area (Å²) in [5.74, 6) is 9.65. The summed E-state index contributed by atoms with van der Waals surface area (Å²) in [4.78, 5) is 0. The molecule has 0 bridgehead atoms. The van der Waals surface area contributed by atoms with Gasteiger partial charge in [-0.15, -0.1) is 24.2 Å². The summed E-state index contributed by atoms with van der Waals surface area (Å²) >= 11 is 0. The zero-order valence-electron chi connectivity index (χ0n) is 8.06. The van der Waals surface area contributed by atoms with Crippen LogP contribution in [0.1, 0.15) is 33.1 Å². The van der Waals surface area contributed by atoms with Crippen molar-refractivity contribution in [1.82, 2.24) is 0 Å². The molecule has 2 atom stereocenters. The third-order valence-electron chi connectivity index (χ3n) is 1.58. The van der Waals surface area contributed by atoms with E-state index in [1.807, 2.05) is 6.92 Å². The Morgan fingerprint density at radius 1 is 1.42 bits per heavy atom. The van der Waals surface area contributed by atoms with Crippen molar-refractivity contribution in [2.75, 3.05) is 0 Å². The first-order valence-electron chi connectivity index (χ1n) is 4.41. The van der Waals surface area contributed by atoms with Crippen molar-refractivity contribution in [3.05, 3.63) is 6.92 Å². The minimum atomic E-state index is 0.241. The van der Waals surface area contributed by atoms with E-state index in [4.69, 9.17) is 6.42 Å². The van der Waals surface area contributed by atoms with E-state index in [0.29, 0.717) is 5.92 Å². The molecule has 0 saturated heterocycles. The first kappa shape index (κ1) is 11.1. The Labute approximate surface area is 76.8 Å². The lowest BCUT2D eigenvalue weighted by Gasteiger charge is -2.02. The Morgan fingerprint density at radius 3 is 2.58 bits per heavy atom. The Balaban J connectivity index is 3.53. The minimum Gasteiger partial charge on any atom is -0.120 e. The normalized spacial score (nSPS) is 11.6. The average molecular weight is 161 g/mol. The minimum absolute atomic E-state index is 0.241. The fourth-order valence-electron chi connectivity index (χ4n) is 0.839. The second-order valence-corrected chi connectivity index (χ2v) is 3.27. The fourth-order valence-corrected chi connectivity index (χ4v) is 0.839. The summed E-state index contributed by atoms with van der Waals surface area (Å²) < 4.78 is 0. The molecule has 0 aliphatic heterocycles. The molecule has 0 N–H and O–H groups in total. The van der Waals surface area contributed by atoms with E-state index in [-0.39, 0.29) is 5.92 Å². The van der Waals surface area contributed by atoms with Crippen molar-refractivity contribution >= 4 is 0 Å². The fraction of sp³-hybridized carbons (Fsp3) is 0.583. The highest BCUT2D eigenvalue weighted by atomic mass is 14.0. The van der Waals surface area contributed by atoms with Gasteiger partial charge in [0.25, 0.3) is 0 Å². The largest absolute Gasteiger partial charge is 0.120 e. The summed E-state index contributed by atoms with van der Waals surface area (Å²) in [7, 11) is 0. The number of hydrogen-bond donors (Lipinski definition) is 0. The van der Waals surface area contributed by atoms with Gasteiger partial charge in [-0.2, -0.15) is 0 Å². The molecule has 0 aromatic rings. The summed E-state index contributed by atoms with van der Waals surface area (Å²) in [5, 5.41) is 0. The highest BCUT2D eigenvalue weighted by Crippen LogP contribution is 2.08. The van der Waals surface area contributed by atoms with Gasteiger partial charge in [0.15, 0.2) is 0 Å². The SMILES string of the molecule is C#CCCC(C)CC#CC([CH2])C. The van der Waals surface area contributed by atoms with Crippen LogP contribution in [0, 0.1) is 42.9 Å². The molecule has 0 aliphatic rings. The molecular formula is C12H17. The summed E-state index contributed by atoms with van der Waals surface area (Å²) in [6, 6.07) is 0. The molecule has 0 heteroatoms. The van der Waals surface area contributed by atoms with Gasteiger partial charge in [-0.05, 0) is 19.3 Å². The first-order valence-corrected chi connectivity index (χ1v) is 4.41. The Hall–Kier alpha value is -0.880. The molecule has 2 unspecified atom stereocenters. The van der Waals surface area contributed by atoms with Gasteiger partial charge in [-0.25, -0.2) is 0 Å². The smallest absolute Gasteiger partial charge is 0.0175 e. The maximum atomic E-state index is 5.16. The van der Waals surface area contributed by atoms with Gasteiger partial charge in [0, 0.05) is 18.8 Å². The Bertz CT molecular complexity index is 194. The number of rotatable bonds is 3. The Morgan fingerprint density at radius 2 is 2.08 bits per heavy atom. The van der Waals surface area contributed by atoms with E-state index in [1.54, 1.807) is 0 Å². The van der Waals surface area contributed by atoms with Crippen LogP contribution in [0.5, 0.6) is 0 Å². The van der Waals surface area contributed by atoms with E-state index in [9.17, 15) is 0 Å². The van der Waals surface area contributed by atoms with Gasteiger partial charge in [-0.1, -0.05) is 13.8 Å². The van der Waals surface area contributed by atoms with Crippen LogP contribution in [-0.2, 0) is 0 Å². The van der Waals surface area contributed by atoms with Crippen molar-refractivity contribution in [1.29, 1.82) is 0 Å². The predicted molar refractivity (Wildman–Crippen MR) is 54.1 cm³/mol. The number of terminal acetylenes is 1. The highest BCUT2D eigenvalue weighted by molar-refractivity contribution is 5.04. The zero-order valence-corrected chi connectivity index (χ0v) is 8.06. The third-order valence-corrected chi connectivity index (χ3v) is 1.58. The molecule has 0 rings (SSSR count). The molecule has 0 aromatic heterocycles. The number of hydrogen-bond acceptors (Lipinski definition) is 0. The summed E-state index contributed by atoms with van der Waals surface area (Å²) in [6.45, 7) is 7.97. The van der Waals surface area contributed by atoms with Crippen LogP contribution in [0.15, 0.2) is 0 Å². The van der Waals surface area contributed by atoms with Crippen molar-refractivity contribution in [3.8, 4) is 24.2 Å². The molecule has 0 aliphatic carbocycles. The molecule has 0 spiro atoms. The lowest BCUT2D eigenvalue weighted by atomic mass is 10.0. The Kier molecular flexibility index (Phi) is 6.31. The van der Waals surface area contributed by atoms with E-state index in [0.717, 1.165) is 19.3 Å². The van der Waals surface area contributed by atoms with Crippen LogP contribution >= 0.6 is 0 Å². The molecule has 1 radical (unpaired) electrons. The second kappa shape index (κ2) is 6.81. The van der Waals surface area contributed by atoms with Crippen molar-refractivity contribution < 1.29 is 0 Å². The molecule has 65 valence electrons. The molecule has 0 nitrogen and oxygen atoms in total. The third kappa shape index (κ3) is 7.23. The van der Waals surface area contributed by atoms with Gasteiger partial charge >= 0.3 is 0 Å². The topological polar surface area (TPSA) is 0 Å². The second-order valence-electron chi connectivity index (χ2n) is 3.27. The van der Waals surface area contributed by atoms with Gasteiger partial charge in [0.05, 0.1) is 0 Å². The standard InChI is InChI=1S/C12H17/c1-5-6-9-12(4)10-7-8-11(2)3/h1,11-12H,2,6,9-10H2,3-4H3. The average Bonchev–Trinajstić information content (AvgIpc) is 2.00. The van der Waals surface area contributed by atoms with E-state index in [2.05, 4.69) is 31.6 Å². The highest BCUT2D eigenvalue weighted by Gasteiger charge is 1.97. The van der Waals surface area contributed by atoms with E-state index >= 15 is 0 Å². The molecule has 0 amide bonds. The van der Waals surface area contributed by atoms with E-state index in [1.165, 1.54) is 0 Å². The van der Waals surface area contributed by atoms with Crippen molar-refractivity contribution in [2.24, 2.45) is 11.8 Å². The summed E-state index contributed by atoms with van der Waals surface area (Å²) in [6.07, 6.45) is 8.05. The first-order chi connectivity index (χ1) is 5.66. The van der Waals surface area contributed by atoms with E-state index < -0.39 is 0 Å². The van der Waals surface area contributed by atoms with Crippen molar-refractivity contribution in [3.63, 3.8) is 0 Å². The predicted octanol–water partition coefficient (Wildman–Crippen LogP) is 2.90. The van der Waals surface area contributed by atoms with Gasteiger partial charge in [-0.3, -0.25) is 0 Å². The van der Waals surface area contributed by atoms with Crippen LogP contribution in [0.4, 0.5) is 0 Å². The molecule has 0 fully saturated rings. The lowest BCUT2D eigenvalue weighted by Crippen LogP contribution is -1.92. The van der Waals surface area contributed by atoms with Gasteiger partial charge in [0.1, 0.15) is 0 Å². The zero-order chi connectivity index (χ0) is 9.40. The van der Waals surface area contributed by atoms with Crippen molar-refractivity contribution in [2.45, 2.75) is 33.1 Å². The molecule has 0 saturated carbocycles. The van der Waals surface area contributed by atoms with Crippen LogP contribution in [0.2, 0.25) is 0 Å². The maximum absolute atomic E-state index is 5.16. The molecule has 12 heavy (non-hydrogen) atoms. The lowest BCUT2D eigenvalue weighted by molar-refractivity contribution is 0.558. The van der Waals surface area contributed by atoms with Crippen LogP contribution < -0.4 is 0 Å². The van der Waals surface area contributed by atoms with Gasteiger partial charge < -0.3 is 0 Å². The summed E-state index contributed by atoms with van der Waals surface area (Å²) in [5.41, 5.74) is 0. The monoisotopic (exact) mass is 161 g/mol. The van der Waals surface area contributed by atoms with Crippen LogP contribution in [-0.4, -0.2) is 0 Å². The maximum Gasteiger partial charge on any atom is 0.0175 e. The van der Waals surface area contributed by atoms with Crippen LogP contribution in [0.3, 0.4) is 0 Å².